The van der Waals surface area contributed by atoms with Crippen LogP contribution < -0.4 is 9.47 Å². The standard InChI is InChI=1S/C20H22BrNO2/c1-5-9-24-20-18(21)11-16(12-19(20)23-6-2)13-22-17-8-7-14(3)15(4)10-17/h5,7-8,10-13H,1,6,9H2,2-4H3. The molecule has 0 aliphatic rings. The largest absolute Gasteiger partial charge is 0.490 e. The molecule has 2 rings (SSSR count). The number of rotatable bonds is 7. The fourth-order valence-electron chi connectivity index (χ4n) is 2.16. The van der Waals surface area contributed by atoms with E-state index in [4.69, 9.17) is 9.47 Å². The van der Waals surface area contributed by atoms with Gasteiger partial charge in [-0.25, -0.2) is 0 Å². The number of ether oxygens (including phenoxy) is 2. The zero-order chi connectivity index (χ0) is 17.5. The molecule has 0 aliphatic heterocycles. The van der Waals surface area contributed by atoms with Crippen LogP contribution in [0.5, 0.6) is 11.5 Å². The van der Waals surface area contributed by atoms with Gasteiger partial charge in [0.2, 0.25) is 0 Å². The molecule has 0 unspecified atom stereocenters. The first-order valence-corrected chi connectivity index (χ1v) is 8.65. The van der Waals surface area contributed by atoms with Crippen molar-refractivity contribution in [1.82, 2.24) is 0 Å². The van der Waals surface area contributed by atoms with Gasteiger partial charge in [-0.05, 0) is 77.7 Å². The third-order valence-electron chi connectivity index (χ3n) is 3.53. The summed E-state index contributed by atoms with van der Waals surface area (Å²) in [6.45, 7) is 10.8. The van der Waals surface area contributed by atoms with Gasteiger partial charge in [0, 0.05) is 6.21 Å². The fourth-order valence-corrected chi connectivity index (χ4v) is 2.74. The third-order valence-corrected chi connectivity index (χ3v) is 4.12. The van der Waals surface area contributed by atoms with Crippen LogP contribution >= 0.6 is 15.9 Å². The zero-order valence-corrected chi connectivity index (χ0v) is 15.9. The highest BCUT2D eigenvalue weighted by atomic mass is 79.9. The maximum atomic E-state index is 5.69. The van der Waals surface area contributed by atoms with E-state index in [0.717, 1.165) is 15.7 Å². The second kappa shape index (κ2) is 8.69. The summed E-state index contributed by atoms with van der Waals surface area (Å²) in [7, 11) is 0. The lowest BCUT2D eigenvalue weighted by Crippen LogP contribution is -2.00. The summed E-state index contributed by atoms with van der Waals surface area (Å²) >= 11 is 3.54. The molecule has 0 aliphatic carbocycles. The lowest BCUT2D eigenvalue weighted by atomic mass is 10.1. The molecular formula is C20H22BrNO2. The lowest BCUT2D eigenvalue weighted by Gasteiger charge is -2.13. The van der Waals surface area contributed by atoms with Gasteiger partial charge in [0.25, 0.3) is 0 Å². The van der Waals surface area contributed by atoms with Crippen LogP contribution in [-0.4, -0.2) is 19.4 Å². The maximum Gasteiger partial charge on any atom is 0.175 e. The number of nitrogens with zero attached hydrogens (tertiary/aromatic N) is 1. The summed E-state index contributed by atoms with van der Waals surface area (Å²) in [6.07, 6.45) is 3.53. The van der Waals surface area contributed by atoms with Crippen LogP contribution in [0.2, 0.25) is 0 Å². The smallest absolute Gasteiger partial charge is 0.175 e. The maximum absolute atomic E-state index is 5.69. The Morgan fingerprint density at radius 1 is 1.12 bits per heavy atom. The van der Waals surface area contributed by atoms with Crippen LogP contribution in [0.1, 0.15) is 23.6 Å². The Kier molecular flexibility index (Phi) is 6.62. The van der Waals surface area contributed by atoms with Crippen molar-refractivity contribution in [1.29, 1.82) is 0 Å². The SMILES string of the molecule is C=CCOc1c(Br)cc(C=Nc2ccc(C)c(C)c2)cc1OCC. The molecule has 0 N–H and O–H groups in total. The van der Waals surface area contributed by atoms with Crippen molar-refractivity contribution in [2.75, 3.05) is 13.2 Å². The van der Waals surface area contributed by atoms with E-state index in [1.165, 1.54) is 11.1 Å². The van der Waals surface area contributed by atoms with Crippen LogP contribution in [0, 0.1) is 13.8 Å². The van der Waals surface area contributed by atoms with Crippen LogP contribution in [-0.2, 0) is 0 Å². The average Bonchev–Trinajstić information content (AvgIpc) is 2.55. The lowest BCUT2D eigenvalue weighted by molar-refractivity contribution is 0.295. The third kappa shape index (κ3) is 4.71. The molecule has 0 atom stereocenters. The summed E-state index contributed by atoms with van der Waals surface area (Å²) in [4.78, 5) is 4.55. The summed E-state index contributed by atoms with van der Waals surface area (Å²) in [6, 6.07) is 10.1. The molecule has 0 fully saturated rings. The Labute approximate surface area is 152 Å². The predicted octanol–water partition coefficient (Wildman–Crippen LogP) is 5.78. The van der Waals surface area contributed by atoms with Crippen molar-refractivity contribution in [3.8, 4) is 11.5 Å². The van der Waals surface area contributed by atoms with E-state index in [1.807, 2.05) is 31.3 Å². The number of hydrogen-bond donors (Lipinski definition) is 0. The molecule has 0 radical (unpaired) electrons. The van der Waals surface area contributed by atoms with Gasteiger partial charge < -0.3 is 9.47 Å². The van der Waals surface area contributed by atoms with Crippen molar-refractivity contribution in [2.45, 2.75) is 20.8 Å². The van der Waals surface area contributed by atoms with Crippen LogP contribution in [0.25, 0.3) is 0 Å². The molecule has 3 nitrogen and oxygen atoms in total. The molecule has 0 heterocycles. The van der Waals surface area contributed by atoms with Gasteiger partial charge in [-0.3, -0.25) is 4.99 Å². The Bertz CT molecular complexity index is 754. The van der Waals surface area contributed by atoms with Gasteiger partial charge in [0.1, 0.15) is 6.61 Å². The molecule has 0 saturated carbocycles. The Morgan fingerprint density at radius 2 is 1.92 bits per heavy atom. The topological polar surface area (TPSA) is 30.8 Å². The van der Waals surface area contributed by atoms with Gasteiger partial charge in [-0.15, -0.1) is 0 Å². The Morgan fingerprint density at radius 3 is 2.58 bits per heavy atom. The summed E-state index contributed by atoms with van der Waals surface area (Å²) in [5.41, 5.74) is 4.36. The van der Waals surface area contributed by atoms with E-state index in [0.29, 0.717) is 24.7 Å². The molecule has 0 amide bonds. The van der Waals surface area contributed by atoms with E-state index < -0.39 is 0 Å². The van der Waals surface area contributed by atoms with Gasteiger partial charge in [0.05, 0.1) is 16.8 Å². The van der Waals surface area contributed by atoms with Gasteiger partial charge in [-0.1, -0.05) is 18.7 Å². The van der Waals surface area contributed by atoms with E-state index in [-0.39, 0.29) is 0 Å². The first kappa shape index (κ1) is 18.3. The van der Waals surface area contributed by atoms with E-state index in [9.17, 15) is 0 Å². The Hall–Kier alpha value is -2.07. The molecule has 0 saturated heterocycles. The monoisotopic (exact) mass is 387 g/mol. The van der Waals surface area contributed by atoms with Crippen molar-refractivity contribution < 1.29 is 9.47 Å². The highest BCUT2D eigenvalue weighted by molar-refractivity contribution is 9.10. The van der Waals surface area contributed by atoms with E-state index in [1.54, 1.807) is 6.08 Å². The first-order chi connectivity index (χ1) is 11.5. The van der Waals surface area contributed by atoms with Crippen molar-refractivity contribution in [3.63, 3.8) is 0 Å². The van der Waals surface area contributed by atoms with E-state index >= 15 is 0 Å². The summed E-state index contributed by atoms with van der Waals surface area (Å²) in [5.74, 6) is 1.37. The average molecular weight is 388 g/mol. The minimum atomic E-state index is 0.425. The highest BCUT2D eigenvalue weighted by Crippen LogP contribution is 2.36. The normalized spacial score (nSPS) is 10.8. The molecule has 2 aromatic rings. The predicted molar refractivity (Wildman–Crippen MR) is 104 cm³/mol. The van der Waals surface area contributed by atoms with Crippen LogP contribution in [0.3, 0.4) is 0 Å². The van der Waals surface area contributed by atoms with Crippen LogP contribution in [0.15, 0.2) is 52.5 Å². The quantitative estimate of drug-likeness (QED) is 0.445. The molecule has 0 bridgehead atoms. The van der Waals surface area contributed by atoms with Gasteiger partial charge in [0.15, 0.2) is 11.5 Å². The second-order valence-electron chi connectivity index (χ2n) is 5.39. The van der Waals surface area contributed by atoms with Crippen molar-refractivity contribution in [2.24, 2.45) is 4.99 Å². The molecule has 2 aromatic carbocycles. The minimum Gasteiger partial charge on any atom is -0.490 e. The number of aryl methyl sites for hydroxylation is 2. The minimum absolute atomic E-state index is 0.425. The number of hydrogen-bond acceptors (Lipinski definition) is 3. The molecule has 0 spiro atoms. The van der Waals surface area contributed by atoms with E-state index in [2.05, 4.69) is 53.5 Å². The zero-order valence-electron chi connectivity index (χ0n) is 14.3. The molecule has 4 heteroatoms. The molecule has 126 valence electrons. The summed E-state index contributed by atoms with van der Waals surface area (Å²) < 4.78 is 12.2. The van der Waals surface area contributed by atoms with Crippen molar-refractivity contribution >= 4 is 27.8 Å². The van der Waals surface area contributed by atoms with Gasteiger partial charge >= 0.3 is 0 Å². The molecule has 0 aromatic heterocycles. The first-order valence-electron chi connectivity index (χ1n) is 7.86. The number of halogens is 1. The molecular weight excluding hydrogens is 366 g/mol. The van der Waals surface area contributed by atoms with Crippen LogP contribution in [0.4, 0.5) is 5.69 Å². The fraction of sp³-hybridized carbons (Fsp3) is 0.250. The number of aliphatic imine (C=N–C) groups is 1. The Balaban J connectivity index is 2.30. The second-order valence-corrected chi connectivity index (χ2v) is 6.24. The van der Waals surface area contributed by atoms with Crippen molar-refractivity contribution in [3.05, 3.63) is 64.1 Å². The number of benzene rings is 2. The van der Waals surface area contributed by atoms with Gasteiger partial charge in [-0.2, -0.15) is 0 Å². The molecule has 24 heavy (non-hydrogen) atoms. The highest BCUT2D eigenvalue weighted by Gasteiger charge is 2.11. The summed E-state index contributed by atoms with van der Waals surface area (Å²) in [5, 5.41) is 0.